The highest BCUT2D eigenvalue weighted by molar-refractivity contribution is 7.18. The number of aliphatic imine (C=N–C) groups is 1. The Bertz CT molecular complexity index is 2230. The van der Waals surface area contributed by atoms with Crippen molar-refractivity contribution in [1.29, 1.82) is 0 Å². The van der Waals surface area contributed by atoms with E-state index in [0.717, 1.165) is 29.1 Å². The fourth-order valence-corrected chi connectivity index (χ4v) is 7.14. The molecule has 42 heavy (non-hydrogen) atoms. The minimum atomic E-state index is 0.926. The highest BCUT2D eigenvalue weighted by Crippen LogP contribution is 2.46. The van der Waals surface area contributed by atoms with Crippen LogP contribution in [0.1, 0.15) is 32.8 Å². The van der Waals surface area contributed by atoms with Gasteiger partial charge in [-0.2, -0.15) is 0 Å². The summed E-state index contributed by atoms with van der Waals surface area (Å²) in [5.74, 6) is 0. The van der Waals surface area contributed by atoms with E-state index in [1.807, 2.05) is 36.5 Å². The van der Waals surface area contributed by atoms with E-state index < -0.39 is 0 Å². The van der Waals surface area contributed by atoms with E-state index >= 15 is 0 Å². The average Bonchev–Trinajstić information content (AvgIpc) is 3.65. The van der Waals surface area contributed by atoms with E-state index in [-0.39, 0.29) is 0 Å². The highest BCUT2D eigenvalue weighted by atomic mass is 32.1. The molecular formula is C39H32N2S. The summed E-state index contributed by atoms with van der Waals surface area (Å²) in [6.07, 6.45) is 11.3. The van der Waals surface area contributed by atoms with Gasteiger partial charge in [0, 0.05) is 37.6 Å². The second-order valence-corrected chi connectivity index (χ2v) is 11.5. The molecule has 0 unspecified atom stereocenters. The first-order valence-corrected chi connectivity index (χ1v) is 15.5. The number of fused-ring (bicyclic) bond motifs is 10. The van der Waals surface area contributed by atoms with Crippen LogP contribution in [0.3, 0.4) is 0 Å². The second kappa shape index (κ2) is 10.9. The maximum Gasteiger partial charge on any atom is 0.0665 e. The van der Waals surface area contributed by atoms with E-state index in [2.05, 4.69) is 127 Å². The van der Waals surface area contributed by atoms with Crippen molar-refractivity contribution in [3.8, 4) is 5.69 Å². The van der Waals surface area contributed by atoms with Crippen LogP contribution in [0.4, 0.5) is 0 Å². The van der Waals surface area contributed by atoms with E-state index in [1.54, 1.807) is 0 Å². The van der Waals surface area contributed by atoms with Crippen LogP contribution in [-0.4, -0.2) is 10.3 Å². The van der Waals surface area contributed by atoms with Gasteiger partial charge >= 0.3 is 0 Å². The Kier molecular flexibility index (Phi) is 6.81. The lowest BCUT2D eigenvalue weighted by molar-refractivity contribution is 1.18. The summed E-state index contributed by atoms with van der Waals surface area (Å²) in [4.78, 5) is 4.96. The van der Waals surface area contributed by atoms with Crippen LogP contribution in [0.15, 0.2) is 132 Å². The van der Waals surface area contributed by atoms with Gasteiger partial charge < -0.3 is 4.57 Å². The van der Waals surface area contributed by atoms with Crippen molar-refractivity contribution >= 4 is 76.2 Å². The third-order valence-electron chi connectivity index (χ3n) is 7.98. The Hall–Kier alpha value is -4.73. The predicted molar refractivity (Wildman–Crippen MR) is 187 cm³/mol. The Morgan fingerprint density at radius 1 is 0.786 bits per heavy atom. The number of thiophene rings is 1. The number of rotatable bonds is 6. The number of benzene rings is 5. The van der Waals surface area contributed by atoms with Gasteiger partial charge in [0.2, 0.25) is 0 Å². The molecule has 2 nitrogen and oxygen atoms in total. The molecule has 7 rings (SSSR count). The minimum Gasteiger partial charge on any atom is -0.309 e. The van der Waals surface area contributed by atoms with E-state index in [1.165, 1.54) is 53.4 Å². The van der Waals surface area contributed by atoms with Crippen LogP contribution >= 0.6 is 11.3 Å². The smallest absolute Gasteiger partial charge is 0.0665 e. The molecule has 5 aromatic carbocycles. The highest BCUT2D eigenvalue weighted by Gasteiger charge is 2.21. The van der Waals surface area contributed by atoms with Crippen molar-refractivity contribution < 1.29 is 0 Å². The summed E-state index contributed by atoms with van der Waals surface area (Å²) in [6, 6.07) is 33.4. The average molecular weight is 561 g/mol. The summed E-state index contributed by atoms with van der Waals surface area (Å²) in [5, 5.41) is 11.4. The third kappa shape index (κ3) is 4.29. The van der Waals surface area contributed by atoms with Crippen molar-refractivity contribution in [3.63, 3.8) is 0 Å². The van der Waals surface area contributed by atoms with Crippen LogP contribution in [0.25, 0.3) is 64.8 Å². The fourth-order valence-electron chi connectivity index (χ4n) is 6.18. The van der Waals surface area contributed by atoms with E-state index in [9.17, 15) is 0 Å². The van der Waals surface area contributed by atoms with Gasteiger partial charge in [0.05, 0.1) is 16.7 Å². The molecule has 2 aromatic heterocycles. The monoisotopic (exact) mass is 560 g/mol. The first-order valence-electron chi connectivity index (χ1n) is 14.6. The number of hydrogen-bond donors (Lipinski definition) is 0. The van der Waals surface area contributed by atoms with Crippen molar-refractivity contribution in [2.75, 3.05) is 0 Å². The minimum absolute atomic E-state index is 0.926. The standard InChI is InChI=1S/C39H32N2S/c1-4-6-7-13-26(3)40-34(12-5-2)28-18-21-29(22-19-28)41-35-23-20-27-14-8-9-15-30(27)36(35)37-38(41)32-17-11-10-16-31(32)33-24-25-42-39(33)37/h4,6-25H,5H2,1-3H3/b6-4-,13-7-,34-12-,40-26-. The fraction of sp³-hybridized carbons (Fsp3) is 0.103. The Labute approximate surface area is 250 Å². The predicted octanol–water partition coefficient (Wildman–Crippen LogP) is 11.6. The Balaban J connectivity index is 1.51. The molecule has 0 saturated heterocycles. The van der Waals surface area contributed by atoms with Crippen molar-refractivity contribution in [3.05, 3.63) is 132 Å². The van der Waals surface area contributed by atoms with Gasteiger partial charge in [-0.3, -0.25) is 4.99 Å². The number of nitrogens with zero attached hydrogens (tertiary/aromatic N) is 2. The first-order chi connectivity index (χ1) is 20.7. The molecule has 0 radical (unpaired) electrons. The van der Waals surface area contributed by atoms with E-state index in [4.69, 9.17) is 4.99 Å². The summed E-state index contributed by atoms with van der Waals surface area (Å²) >= 11 is 1.84. The molecule has 7 aromatic rings. The summed E-state index contributed by atoms with van der Waals surface area (Å²) in [5.41, 5.74) is 6.76. The molecule has 0 bridgehead atoms. The van der Waals surface area contributed by atoms with Crippen LogP contribution in [0.2, 0.25) is 0 Å². The molecule has 0 atom stereocenters. The number of aromatic nitrogens is 1. The largest absolute Gasteiger partial charge is 0.309 e. The Morgan fingerprint density at radius 2 is 1.55 bits per heavy atom. The topological polar surface area (TPSA) is 17.3 Å². The zero-order chi connectivity index (χ0) is 28.6. The van der Waals surface area contributed by atoms with Crippen LogP contribution in [-0.2, 0) is 0 Å². The normalized spacial score (nSPS) is 13.3. The van der Waals surface area contributed by atoms with Gasteiger partial charge in [-0.25, -0.2) is 0 Å². The number of hydrogen-bond acceptors (Lipinski definition) is 2. The van der Waals surface area contributed by atoms with Gasteiger partial charge in [0.25, 0.3) is 0 Å². The lowest BCUT2D eigenvalue weighted by Crippen LogP contribution is -1.96. The summed E-state index contributed by atoms with van der Waals surface area (Å²) < 4.78 is 3.82. The quantitative estimate of drug-likeness (QED) is 0.142. The molecule has 0 aliphatic carbocycles. The van der Waals surface area contributed by atoms with Crippen molar-refractivity contribution in [1.82, 2.24) is 4.57 Å². The summed E-state index contributed by atoms with van der Waals surface area (Å²) in [7, 11) is 0. The molecule has 0 amide bonds. The van der Waals surface area contributed by atoms with Gasteiger partial charge in [-0.05, 0) is 77.7 Å². The molecule has 0 aliphatic rings. The third-order valence-corrected chi connectivity index (χ3v) is 8.91. The lowest BCUT2D eigenvalue weighted by Gasteiger charge is -2.12. The van der Waals surface area contributed by atoms with Crippen LogP contribution in [0.5, 0.6) is 0 Å². The molecule has 3 heteroatoms. The Morgan fingerprint density at radius 3 is 2.33 bits per heavy atom. The zero-order valence-corrected chi connectivity index (χ0v) is 25.0. The first kappa shape index (κ1) is 26.2. The van der Waals surface area contributed by atoms with Crippen molar-refractivity contribution in [2.24, 2.45) is 4.99 Å². The van der Waals surface area contributed by atoms with Crippen molar-refractivity contribution in [2.45, 2.75) is 27.2 Å². The van der Waals surface area contributed by atoms with Crippen LogP contribution < -0.4 is 0 Å². The second-order valence-electron chi connectivity index (χ2n) is 10.6. The molecule has 0 spiro atoms. The maximum absolute atomic E-state index is 4.96. The molecule has 0 saturated carbocycles. The molecule has 2 heterocycles. The number of allylic oxidation sites excluding steroid dienone is 5. The molecule has 0 aliphatic heterocycles. The van der Waals surface area contributed by atoms with Gasteiger partial charge in [0.15, 0.2) is 0 Å². The van der Waals surface area contributed by atoms with E-state index in [0.29, 0.717) is 0 Å². The maximum atomic E-state index is 4.96. The van der Waals surface area contributed by atoms with Gasteiger partial charge in [-0.15, -0.1) is 11.3 Å². The van der Waals surface area contributed by atoms with Crippen LogP contribution in [0, 0.1) is 0 Å². The SMILES string of the molecule is C\C=C/C=C\C(C)=N/C(=C\CC)c1ccc(-n2c3ccc4ccccc4c3c3c4sccc4c4ccccc4c32)cc1. The zero-order valence-electron chi connectivity index (χ0n) is 24.1. The van der Waals surface area contributed by atoms with Gasteiger partial charge in [-0.1, -0.05) is 98.0 Å². The molecular weight excluding hydrogens is 529 g/mol. The van der Waals surface area contributed by atoms with Gasteiger partial charge in [0.1, 0.15) is 0 Å². The lowest BCUT2D eigenvalue weighted by atomic mass is 9.99. The molecule has 204 valence electrons. The molecule has 0 N–H and O–H groups in total. The summed E-state index contributed by atoms with van der Waals surface area (Å²) in [6.45, 7) is 6.23. The molecule has 0 fully saturated rings.